The Morgan fingerprint density at radius 2 is 2.23 bits per heavy atom. The normalized spacial score (nSPS) is 17.5. The van der Waals surface area contributed by atoms with Crippen molar-refractivity contribution in [3.8, 4) is 0 Å². The van der Waals surface area contributed by atoms with Gasteiger partial charge in [0.25, 0.3) is 0 Å². The monoisotopic (exact) mass is 171 g/mol. The van der Waals surface area contributed by atoms with Crippen LogP contribution in [0, 0.1) is 6.92 Å². The van der Waals surface area contributed by atoms with Gasteiger partial charge in [-0.2, -0.15) is 0 Å². The lowest BCUT2D eigenvalue weighted by Gasteiger charge is -2.15. The zero-order valence-electron chi connectivity index (χ0n) is 8.04. The van der Waals surface area contributed by atoms with E-state index in [9.17, 15) is 0 Å². The van der Waals surface area contributed by atoms with E-state index < -0.39 is 0 Å². The van der Waals surface area contributed by atoms with E-state index in [0.29, 0.717) is 0 Å². The van der Waals surface area contributed by atoms with Crippen molar-refractivity contribution in [3.63, 3.8) is 0 Å². The lowest BCUT2D eigenvalue weighted by atomic mass is 9.91. The van der Waals surface area contributed by atoms with E-state index in [2.05, 4.69) is 37.1 Å². The summed E-state index contributed by atoms with van der Waals surface area (Å²) in [5.41, 5.74) is 5.31. The van der Waals surface area contributed by atoms with Crippen molar-refractivity contribution in [2.45, 2.75) is 20.3 Å². The summed E-state index contributed by atoms with van der Waals surface area (Å²) < 4.78 is 0. The van der Waals surface area contributed by atoms with Crippen LogP contribution in [-0.2, 0) is 0 Å². The Labute approximate surface area is 78.8 Å². The quantitative estimate of drug-likeness (QED) is 0.584. The summed E-state index contributed by atoms with van der Waals surface area (Å²) in [6.07, 6.45) is 11.5. The first-order valence-electron chi connectivity index (χ1n) is 4.59. The Bertz CT molecular complexity index is 386. The molecule has 0 N–H and O–H groups in total. The van der Waals surface area contributed by atoms with Gasteiger partial charge in [-0.15, -0.1) is 0 Å². The summed E-state index contributed by atoms with van der Waals surface area (Å²) in [5, 5.41) is 0. The molecule has 0 radical (unpaired) electrons. The molecular weight excluding hydrogens is 158 g/mol. The number of rotatable bonds is 0. The first-order chi connectivity index (χ1) is 6.33. The van der Waals surface area contributed by atoms with E-state index in [0.717, 1.165) is 6.42 Å². The van der Waals surface area contributed by atoms with E-state index in [1.54, 1.807) is 0 Å². The summed E-state index contributed by atoms with van der Waals surface area (Å²) in [7, 11) is 0. The number of fused-ring (bicyclic) bond motifs is 1. The zero-order chi connectivity index (χ0) is 9.26. The van der Waals surface area contributed by atoms with Gasteiger partial charge in [0.05, 0.1) is 0 Å². The number of allylic oxidation sites excluding steroid dienone is 3. The van der Waals surface area contributed by atoms with Crippen LogP contribution in [0.4, 0.5) is 0 Å². The highest BCUT2D eigenvalue weighted by Gasteiger charge is 2.11. The van der Waals surface area contributed by atoms with Gasteiger partial charge in [0.2, 0.25) is 0 Å². The molecule has 1 aromatic rings. The van der Waals surface area contributed by atoms with E-state index in [1.807, 2.05) is 12.4 Å². The molecule has 1 aliphatic rings. The largest absolute Gasteiger partial charge is 0.264 e. The molecule has 1 aliphatic carbocycles. The fourth-order valence-electron chi connectivity index (χ4n) is 1.83. The van der Waals surface area contributed by atoms with Crippen LogP contribution in [0.25, 0.3) is 11.6 Å². The molecule has 1 aromatic heterocycles. The maximum Gasteiger partial charge on any atom is 0.0346 e. The fraction of sp³-hybridized carbons (Fsp3) is 0.250. The van der Waals surface area contributed by atoms with Crippen LogP contribution < -0.4 is 0 Å². The van der Waals surface area contributed by atoms with Crippen LogP contribution in [0.3, 0.4) is 0 Å². The van der Waals surface area contributed by atoms with Crippen LogP contribution in [0.1, 0.15) is 30.0 Å². The van der Waals surface area contributed by atoms with Gasteiger partial charge < -0.3 is 0 Å². The molecule has 0 fully saturated rings. The van der Waals surface area contributed by atoms with Gasteiger partial charge >= 0.3 is 0 Å². The highest BCUT2D eigenvalue weighted by molar-refractivity contribution is 5.80. The number of nitrogens with zero attached hydrogens (tertiary/aromatic N) is 1. The molecule has 0 aromatic carbocycles. The number of hydrogen-bond acceptors (Lipinski definition) is 1. The predicted molar refractivity (Wildman–Crippen MR) is 56.3 cm³/mol. The minimum atomic E-state index is 1.05. The summed E-state index contributed by atoms with van der Waals surface area (Å²) in [6.45, 7) is 4.21. The second-order valence-electron chi connectivity index (χ2n) is 3.34. The maximum atomic E-state index is 4.19. The number of hydrogen-bond donors (Lipinski definition) is 0. The molecule has 0 saturated carbocycles. The van der Waals surface area contributed by atoms with Gasteiger partial charge in [0.15, 0.2) is 0 Å². The minimum Gasteiger partial charge on any atom is -0.264 e. The smallest absolute Gasteiger partial charge is 0.0346 e. The molecule has 2 rings (SSSR count). The molecule has 1 heterocycles. The van der Waals surface area contributed by atoms with Crippen LogP contribution in [-0.4, -0.2) is 4.98 Å². The Morgan fingerprint density at radius 3 is 3.00 bits per heavy atom. The van der Waals surface area contributed by atoms with Crippen molar-refractivity contribution in [2.24, 2.45) is 0 Å². The molecule has 0 spiro atoms. The summed E-state index contributed by atoms with van der Waals surface area (Å²) in [6, 6.07) is 0. The lowest BCUT2D eigenvalue weighted by molar-refractivity contribution is 1.21. The topological polar surface area (TPSA) is 12.9 Å². The highest BCUT2D eigenvalue weighted by atomic mass is 14.6. The van der Waals surface area contributed by atoms with Gasteiger partial charge in [-0.3, -0.25) is 4.98 Å². The molecule has 1 nitrogen and oxygen atoms in total. The van der Waals surface area contributed by atoms with Crippen molar-refractivity contribution < 1.29 is 0 Å². The van der Waals surface area contributed by atoms with E-state index in [1.165, 1.54) is 22.3 Å². The first-order valence-corrected chi connectivity index (χ1v) is 4.59. The molecule has 0 saturated heterocycles. The van der Waals surface area contributed by atoms with E-state index in [-0.39, 0.29) is 0 Å². The van der Waals surface area contributed by atoms with Gasteiger partial charge in [-0.25, -0.2) is 0 Å². The zero-order valence-corrected chi connectivity index (χ0v) is 8.04. The number of pyridine rings is 1. The molecule has 0 amide bonds. The number of aryl methyl sites for hydroxylation is 1. The fourth-order valence-corrected chi connectivity index (χ4v) is 1.83. The summed E-state index contributed by atoms with van der Waals surface area (Å²) in [5.74, 6) is 0. The maximum absolute atomic E-state index is 4.19. The SMILES string of the molecule is C/C=C1/CC=Cc2cncc(C)c21. The van der Waals surface area contributed by atoms with Crippen molar-refractivity contribution in [1.82, 2.24) is 4.98 Å². The number of aromatic nitrogens is 1. The molecule has 13 heavy (non-hydrogen) atoms. The Balaban J connectivity index is 2.68. The molecule has 0 unspecified atom stereocenters. The van der Waals surface area contributed by atoms with E-state index in [4.69, 9.17) is 0 Å². The molecule has 66 valence electrons. The molecule has 0 atom stereocenters. The Morgan fingerprint density at radius 1 is 1.38 bits per heavy atom. The molecular formula is C12H13N. The third kappa shape index (κ3) is 1.31. The molecule has 0 aliphatic heterocycles. The van der Waals surface area contributed by atoms with Crippen LogP contribution >= 0.6 is 0 Å². The molecule has 0 bridgehead atoms. The molecule has 1 heteroatoms. The van der Waals surface area contributed by atoms with Gasteiger partial charge in [0, 0.05) is 18.0 Å². The Hall–Kier alpha value is -1.37. The Kier molecular flexibility index (Phi) is 2.01. The standard InChI is InChI=1S/C12H13N/c1-3-10-5-4-6-11-8-13-7-9(2)12(10)11/h3-4,6-8H,5H2,1-2H3/b10-3-. The predicted octanol–water partition coefficient (Wildman–Crippen LogP) is 3.21. The second kappa shape index (κ2) is 3.17. The average Bonchev–Trinajstić information content (AvgIpc) is 2.17. The van der Waals surface area contributed by atoms with Crippen molar-refractivity contribution in [3.05, 3.63) is 41.2 Å². The van der Waals surface area contributed by atoms with E-state index >= 15 is 0 Å². The van der Waals surface area contributed by atoms with Gasteiger partial charge in [-0.1, -0.05) is 18.2 Å². The van der Waals surface area contributed by atoms with Crippen molar-refractivity contribution in [2.75, 3.05) is 0 Å². The van der Waals surface area contributed by atoms with Crippen molar-refractivity contribution >= 4 is 11.6 Å². The van der Waals surface area contributed by atoms with Crippen LogP contribution in [0.5, 0.6) is 0 Å². The first kappa shape index (κ1) is 8.24. The highest BCUT2D eigenvalue weighted by Crippen LogP contribution is 2.30. The average molecular weight is 171 g/mol. The van der Waals surface area contributed by atoms with Crippen molar-refractivity contribution in [1.29, 1.82) is 0 Å². The summed E-state index contributed by atoms with van der Waals surface area (Å²) in [4.78, 5) is 4.19. The third-order valence-electron chi connectivity index (χ3n) is 2.47. The van der Waals surface area contributed by atoms with Gasteiger partial charge in [-0.05, 0) is 37.0 Å². The summed E-state index contributed by atoms with van der Waals surface area (Å²) >= 11 is 0. The van der Waals surface area contributed by atoms with Crippen LogP contribution in [0.2, 0.25) is 0 Å². The second-order valence-corrected chi connectivity index (χ2v) is 3.34. The van der Waals surface area contributed by atoms with Gasteiger partial charge in [0.1, 0.15) is 0 Å². The van der Waals surface area contributed by atoms with Crippen LogP contribution in [0.15, 0.2) is 24.5 Å². The lowest BCUT2D eigenvalue weighted by Crippen LogP contribution is -1.97. The minimum absolute atomic E-state index is 1.05. The third-order valence-corrected chi connectivity index (χ3v) is 2.47.